The van der Waals surface area contributed by atoms with Crippen molar-refractivity contribution >= 4 is 29.5 Å². The van der Waals surface area contributed by atoms with Crippen LogP contribution in [0.3, 0.4) is 0 Å². The standard InChI is InChI=1S/C24H41N3O4S/c1-7-11-25-19(29)16-15-9-10-24(32-15)17(16)21(31)27(12-8-13-28)18(24)20(30)26-23(5,6)14-22(2,3)4/h15-18,28H,7-14H2,1-6H3,(H,25,29)(H,26,30)/t15-,16+,17-,18?,24?/m0/s1. The molecule has 3 aliphatic heterocycles. The molecule has 8 heteroatoms. The number of nitrogens with one attached hydrogen (secondary N) is 2. The van der Waals surface area contributed by atoms with Gasteiger partial charge in [0.05, 0.1) is 16.6 Å². The van der Waals surface area contributed by atoms with Crippen molar-refractivity contribution in [3.8, 4) is 0 Å². The summed E-state index contributed by atoms with van der Waals surface area (Å²) >= 11 is 1.69. The average Bonchev–Trinajstić information content (AvgIpc) is 3.29. The molecule has 3 fully saturated rings. The number of hydrogen-bond acceptors (Lipinski definition) is 5. The minimum Gasteiger partial charge on any atom is -0.396 e. The highest BCUT2D eigenvalue weighted by Gasteiger charge is 2.73. The van der Waals surface area contributed by atoms with Crippen molar-refractivity contribution in [2.24, 2.45) is 17.3 Å². The van der Waals surface area contributed by atoms with E-state index < -0.39 is 22.2 Å². The highest BCUT2D eigenvalue weighted by atomic mass is 32.2. The topological polar surface area (TPSA) is 98.7 Å². The number of carbonyl (C=O) groups is 3. The predicted molar refractivity (Wildman–Crippen MR) is 127 cm³/mol. The minimum atomic E-state index is -0.607. The van der Waals surface area contributed by atoms with E-state index in [0.29, 0.717) is 19.5 Å². The van der Waals surface area contributed by atoms with E-state index in [4.69, 9.17) is 0 Å². The van der Waals surface area contributed by atoms with Gasteiger partial charge < -0.3 is 20.6 Å². The summed E-state index contributed by atoms with van der Waals surface area (Å²) in [5.41, 5.74) is -0.377. The molecule has 2 bridgehead atoms. The molecule has 3 heterocycles. The molecular formula is C24H41N3O4S. The summed E-state index contributed by atoms with van der Waals surface area (Å²) in [7, 11) is 0. The Labute approximate surface area is 196 Å². The number of amides is 3. The number of carbonyl (C=O) groups excluding carboxylic acids is 3. The summed E-state index contributed by atoms with van der Waals surface area (Å²) in [4.78, 5) is 42.1. The lowest BCUT2D eigenvalue weighted by atomic mass is 9.70. The number of hydrogen-bond donors (Lipinski definition) is 3. The Bertz CT molecular complexity index is 750. The molecule has 5 atom stereocenters. The molecule has 3 aliphatic rings. The summed E-state index contributed by atoms with van der Waals surface area (Å²) in [5.74, 6) is -1.14. The first-order valence-electron chi connectivity index (χ1n) is 12.1. The molecule has 32 heavy (non-hydrogen) atoms. The summed E-state index contributed by atoms with van der Waals surface area (Å²) < 4.78 is -0.562. The number of fused-ring (bicyclic) bond motifs is 1. The average molecular weight is 468 g/mol. The van der Waals surface area contributed by atoms with Gasteiger partial charge in [-0.2, -0.15) is 0 Å². The molecule has 0 saturated carbocycles. The lowest BCUT2D eigenvalue weighted by Crippen LogP contribution is -2.58. The Morgan fingerprint density at radius 1 is 1.22 bits per heavy atom. The van der Waals surface area contributed by atoms with Gasteiger partial charge in [0.15, 0.2) is 0 Å². The van der Waals surface area contributed by atoms with E-state index in [2.05, 4.69) is 31.4 Å². The van der Waals surface area contributed by atoms with Crippen LogP contribution in [0.15, 0.2) is 0 Å². The molecule has 3 rings (SSSR count). The van der Waals surface area contributed by atoms with Gasteiger partial charge >= 0.3 is 0 Å². The highest BCUT2D eigenvalue weighted by Crippen LogP contribution is 2.66. The smallest absolute Gasteiger partial charge is 0.244 e. The van der Waals surface area contributed by atoms with E-state index in [9.17, 15) is 19.5 Å². The number of rotatable bonds is 9. The molecule has 3 amide bonds. The zero-order valence-electron chi connectivity index (χ0n) is 20.5. The van der Waals surface area contributed by atoms with Gasteiger partial charge in [-0.05, 0) is 51.4 Å². The molecule has 0 aromatic carbocycles. The highest BCUT2D eigenvalue weighted by molar-refractivity contribution is 8.02. The molecule has 1 spiro atoms. The fourth-order valence-electron chi connectivity index (χ4n) is 6.37. The van der Waals surface area contributed by atoms with Gasteiger partial charge in [0, 0.05) is 30.5 Å². The van der Waals surface area contributed by atoms with Crippen LogP contribution in [-0.2, 0) is 14.4 Å². The Kier molecular flexibility index (Phi) is 7.26. The largest absolute Gasteiger partial charge is 0.396 e. The van der Waals surface area contributed by atoms with Gasteiger partial charge in [-0.15, -0.1) is 11.8 Å². The van der Waals surface area contributed by atoms with E-state index in [1.165, 1.54) is 0 Å². The molecule has 0 radical (unpaired) electrons. The van der Waals surface area contributed by atoms with Gasteiger partial charge in [0.2, 0.25) is 17.7 Å². The number of thioether (sulfide) groups is 1. The second kappa shape index (κ2) is 9.16. The summed E-state index contributed by atoms with van der Waals surface area (Å²) in [5, 5.41) is 15.7. The molecule has 3 N–H and O–H groups in total. The molecule has 2 unspecified atom stereocenters. The monoisotopic (exact) mass is 467 g/mol. The first-order valence-corrected chi connectivity index (χ1v) is 12.9. The minimum absolute atomic E-state index is 0.0402. The second-order valence-corrected chi connectivity index (χ2v) is 13.2. The van der Waals surface area contributed by atoms with Crippen molar-refractivity contribution in [1.82, 2.24) is 15.5 Å². The van der Waals surface area contributed by atoms with Gasteiger partial charge in [-0.25, -0.2) is 0 Å². The Balaban J connectivity index is 1.91. The van der Waals surface area contributed by atoms with E-state index >= 15 is 0 Å². The maximum Gasteiger partial charge on any atom is 0.244 e. The third kappa shape index (κ3) is 4.67. The van der Waals surface area contributed by atoms with Crippen LogP contribution in [0.5, 0.6) is 0 Å². The Morgan fingerprint density at radius 2 is 1.91 bits per heavy atom. The van der Waals surface area contributed by atoms with Crippen LogP contribution in [0.1, 0.15) is 73.6 Å². The van der Waals surface area contributed by atoms with Crippen molar-refractivity contribution in [3.63, 3.8) is 0 Å². The fraction of sp³-hybridized carbons (Fsp3) is 0.875. The third-order valence-corrected chi connectivity index (χ3v) is 8.84. The molecule has 0 aliphatic carbocycles. The number of aliphatic hydroxyl groups is 1. The van der Waals surface area contributed by atoms with Crippen LogP contribution in [0, 0.1) is 17.3 Å². The molecule has 0 aromatic heterocycles. The second-order valence-electron chi connectivity index (χ2n) is 11.6. The molecule has 7 nitrogen and oxygen atoms in total. The predicted octanol–water partition coefficient (Wildman–Crippen LogP) is 2.32. The van der Waals surface area contributed by atoms with Crippen LogP contribution in [0.4, 0.5) is 0 Å². The number of aliphatic hydroxyl groups excluding tert-OH is 1. The van der Waals surface area contributed by atoms with E-state index in [-0.39, 0.29) is 40.9 Å². The first kappa shape index (κ1) is 25.3. The van der Waals surface area contributed by atoms with Crippen LogP contribution < -0.4 is 10.6 Å². The fourth-order valence-corrected chi connectivity index (χ4v) is 8.59. The SMILES string of the molecule is CCCNC(=O)[C@@H]1[C@@H]2CCC3(S2)C(C(=O)NC(C)(C)CC(C)(C)C)N(CCCO)C(=O)[C@H]13. The van der Waals surface area contributed by atoms with Gasteiger partial charge in [0.1, 0.15) is 6.04 Å². The van der Waals surface area contributed by atoms with Gasteiger partial charge in [-0.1, -0.05) is 27.7 Å². The molecule has 182 valence electrons. The molecule has 0 aromatic rings. The van der Waals surface area contributed by atoms with E-state index in [1.807, 2.05) is 20.8 Å². The van der Waals surface area contributed by atoms with Crippen LogP contribution in [0.25, 0.3) is 0 Å². The van der Waals surface area contributed by atoms with Crippen molar-refractivity contribution in [3.05, 3.63) is 0 Å². The van der Waals surface area contributed by atoms with Crippen LogP contribution >= 0.6 is 11.8 Å². The normalized spacial score (nSPS) is 31.7. The lowest BCUT2D eigenvalue weighted by molar-refractivity contribution is -0.140. The molecule has 3 saturated heterocycles. The summed E-state index contributed by atoms with van der Waals surface area (Å²) in [6.45, 7) is 13.4. The third-order valence-electron chi connectivity index (χ3n) is 6.89. The Morgan fingerprint density at radius 3 is 2.50 bits per heavy atom. The van der Waals surface area contributed by atoms with Crippen LogP contribution in [-0.4, -0.2) is 69.0 Å². The van der Waals surface area contributed by atoms with E-state index in [1.54, 1.807) is 16.7 Å². The number of likely N-dealkylation sites (tertiary alicyclic amines) is 1. The first-order chi connectivity index (χ1) is 14.9. The maximum atomic E-state index is 13.8. The van der Waals surface area contributed by atoms with E-state index in [0.717, 1.165) is 25.7 Å². The summed E-state index contributed by atoms with van der Waals surface area (Å²) in [6, 6.07) is -0.607. The van der Waals surface area contributed by atoms with Gasteiger partial charge in [-0.3, -0.25) is 14.4 Å². The van der Waals surface area contributed by atoms with Crippen molar-refractivity contribution in [2.75, 3.05) is 19.7 Å². The maximum absolute atomic E-state index is 13.8. The van der Waals surface area contributed by atoms with Crippen LogP contribution in [0.2, 0.25) is 0 Å². The number of nitrogens with zero attached hydrogens (tertiary/aromatic N) is 1. The zero-order chi connectivity index (χ0) is 23.9. The molecular weight excluding hydrogens is 426 g/mol. The quantitative estimate of drug-likeness (QED) is 0.483. The summed E-state index contributed by atoms with van der Waals surface area (Å²) in [6.07, 6.45) is 3.68. The van der Waals surface area contributed by atoms with Crippen molar-refractivity contribution in [2.45, 2.75) is 95.2 Å². The van der Waals surface area contributed by atoms with Crippen molar-refractivity contribution in [1.29, 1.82) is 0 Å². The van der Waals surface area contributed by atoms with Crippen molar-refractivity contribution < 1.29 is 19.5 Å². The van der Waals surface area contributed by atoms with Gasteiger partial charge in [0.25, 0.3) is 0 Å². The zero-order valence-corrected chi connectivity index (χ0v) is 21.3. The Hall–Kier alpha value is -1.28. The lowest BCUT2D eigenvalue weighted by Gasteiger charge is -2.38.